The lowest BCUT2D eigenvalue weighted by Gasteiger charge is -2.33. The summed E-state index contributed by atoms with van der Waals surface area (Å²) in [5.74, 6) is -1.01. The van der Waals surface area contributed by atoms with Crippen molar-refractivity contribution in [3.8, 4) is 5.75 Å². The van der Waals surface area contributed by atoms with Gasteiger partial charge in [0.05, 0.1) is 0 Å². The second-order valence-corrected chi connectivity index (χ2v) is 7.22. The fraction of sp³-hybridized carbons (Fsp3) is 0.348. The molecule has 30 heavy (non-hydrogen) atoms. The van der Waals surface area contributed by atoms with Crippen LogP contribution in [-0.2, 0) is 25.5 Å². The molecule has 1 aliphatic rings. The van der Waals surface area contributed by atoms with E-state index in [1.54, 1.807) is 6.07 Å². The zero-order valence-corrected chi connectivity index (χ0v) is 16.8. The van der Waals surface area contributed by atoms with Crippen LogP contribution in [0.1, 0.15) is 30.4 Å². The molecule has 3 rings (SSSR count). The highest BCUT2D eigenvalue weighted by Gasteiger charge is 2.31. The van der Waals surface area contributed by atoms with Crippen LogP contribution in [0.25, 0.3) is 0 Å². The van der Waals surface area contributed by atoms with E-state index in [0.29, 0.717) is 25.1 Å². The van der Waals surface area contributed by atoms with Crippen molar-refractivity contribution in [3.05, 3.63) is 65.7 Å². The van der Waals surface area contributed by atoms with E-state index in [9.17, 15) is 14.4 Å². The SMILES string of the molecule is NC(=O)[C@@H]1CCCCN1C(=O)COC(=O)COc1ccccc1Cc1ccccc1. The zero-order valence-electron chi connectivity index (χ0n) is 16.8. The highest BCUT2D eigenvalue weighted by Crippen LogP contribution is 2.21. The Balaban J connectivity index is 1.50. The summed E-state index contributed by atoms with van der Waals surface area (Å²) >= 11 is 0. The minimum Gasteiger partial charge on any atom is -0.482 e. The summed E-state index contributed by atoms with van der Waals surface area (Å²) in [6.45, 7) is -0.302. The normalized spacial score (nSPS) is 16.0. The standard InChI is InChI=1S/C23H26N2O5/c24-23(28)19-11-6-7-13-25(19)21(26)15-30-22(27)16-29-20-12-5-4-10-18(20)14-17-8-2-1-3-9-17/h1-5,8-10,12,19H,6-7,11,13-16H2,(H2,24,28)/t19-/m0/s1. The summed E-state index contributed by atoms with van der Waals surface area (Å²) in [6.07, 6.45) is 2.85. The Morgan fingerprint density at radius 3 is 2.47 bits per heavy atom. The molecule has 7 heteroatoms. The predicted octanol–water partition coefficient (Wildman–Crippen LogP) is 2.07. The maximum atomic E-state index is 12.3. The number of rotatable bonds is 8. The molecule has 1 fully saturated rings. The molecule has 1 aliphatic heterocycles. The maximum Gasteiger partial charge on any atom is 0.344 e. The molecule has 0 aliphatic carbocycles. The average Bonchev–Trinajstić information content (AvgIpc) is 2.77. The van der Waals surface area contributed by atoms with Gasteiger partial charge in [0, 0.05) is 13.0 Å². The number of benzene rings is 2. The molecule has 2 aromatic rings. The van der Waals surface area contributed by atoms with Crippen molar-refractivity contribution in [1.29, 1.82) is 0 Å². The van der Waals surface area contributed by atoms with Crippen LogP contribution in [0.4, 0.5) is 0 Å². The molecule has 2 amide bonds. The van der Waals surface area contributed by atoms with Gasteiger partial charge in [-0.15, -0.1) is 0 Å². The highest BCUT2D eigenvalue weighted by atomic mass is 16.6. The molecular formula is C23H26N2O5. The van der Waals surface area contributed by atoms with Crippen molar-refractivity contribution >= 4 is 17.8 Å². The van der Waals surface area contributed by atoms with Crippen molar-refractivity contribution in [2.24, 2.45) is 5.73 Å². The summed E-state index contributed by atoms with van der Waals surface area (Å²) in [5.41, 5.74) is 7.45. The number of ether oxygens (including phenoxy) is 2. The van der Waals surface area contributed by atoms with Gasteiger partial charge in [-0.2, -0.15) is 0 Å². The van der Waals surface area contributed by atoms with Crippen LogP contribution in [0, 0.1) is 0 Å². The summed E-state index contributed by atoms with van der Waals surface area (Å²) in [6, 6.07) is 16.8. The number of likely N-dealkylation sites (tertiary alicyclic amines) is 1. The third-order valence-corrected chi connectivity index (χ3v) is 5.06. The number of carbonyl (C=O) groups excluding carboxylic acids is 3. The second-order valence-electron chi connectivity index (χ2n) is 7.22. The molecule has 2 N–H and O–H groups in total. The second kappa shape index (κ2) is 10.4. The van der Waals surface area contributed by atoms with Crippen molar-refractivity contribution in [3.63, 3.8) is 0 Å². The minimum atomic E-state index is -0.648. The third-order valence-electron chi connectivity index (χ3n) is 5.06. The lowest BCUT2D eigenvalue weighted by Crippen LogP contribution is -2.51. The summed E-state index contributed by atoms with van der Waals surface area (Å²) < 4.78 is 10.7. The number of para-hydroxylation sites is 1. The summed E-state index contributed by atoms with van der Waals surface area (Å²) in [5, 5.41) is 0. The number of primary amides is 1. The molecule has 158 valence electrons. The van der Waals surface area contributed by atoms with E-state index in [1.165, 1.54) is 4.90 Å². The first kappa shape index (κ1) is 21.4. The van der Waals surface area contributed by atoms with Crippen LogP contribution in [0.15, 0.2) is 54.6 Å². The monoisotopic (exact) mass is 410 g/mol. The van der Waals surface area contributed by atoms with E-state index in [0.717, 1.165) is 24.0 Å². The summed E-state index contributed by atoms with van der Waals surface area (Å²) in [7, 11) is 0. The zero-order chi connectivity index (χ0) is 21.3. The Kier molecular flexibility index (Phi) is 7.43. The van der Waals surface area contributed by atoms with Gasteiger partial charge in [-0.05, 0) is 36.5 Å². The molecule has 0 unspecified atom stereocenters. The molecular weight excluding hydrogens is 384 g/mol. The van der Waals surface area contributed by atoms with Crippen LogP contribution in [0.2, 0.25) is 0 Å². The predicted molar refractivity (Wildman–Crippen MR) is 111 cm³/mol. The molecule has 1 heterocycles. The maximum absolute atomic E-state index is 12.3. The molecule has 0 radical (unpaired) electrons. The Morgan fingerprint density at radius 2 is 1.70 bits per heavy atom. The van der Waals surface area contributed by atoms with E-state index in [2.05, 4.69) is 0 Å². The molecule has 1 saturated heterocycles. The van der Waals surface area contributed by atoms with E-state index in [4.69, 9.17) is 15.2 Å². The average molecular weight is 410 g/mol. The first-order chi connectivity index (χ1) is 14.5. The molecule has 1 atom stereocenters. The number of carbonyl (C=O) groups is 3. The largest absolute Gasteiger partial charge is 0.482 e. The number of nitrogens with two attached hydrogens (primary N) is 1. The van der Waals surface area contributed by atoms with E-state index in [1.807, 2.05) is 48.5 Å². The third kappa shape index (κ3) is 5.83. The Hall–Kier alpha value is -3.35. The van der Waals surface area contributed by atoms with Gasteiger partial charge in [0.25, 0.3) is 5.91 Å². The Bertz CT molecular complexity index is 884. The quantitative estimate of drug-likeness (QED) is 0.672. The van der Waals surface area contributed by atoms with Crippen LogP contribution >= 0.6 is 0 Å². The topological polar surface area (TPSA) is 98.9 Å². The van der Waals surface area contributed by atoms with Crippen molar-refractivity contribution in [2.45, 2.75) is 31.7 Å². The van der Waals surface area contributed by atoms with Gasteiger partial charge in [-0.3, -0.25) is 9.59 Å². The lowest BCUT2D eigenvalue weighted by atomic mass is 10.0. The Morgan fingerprint density at radius 1 is 0.967 bits per heavy atom. The number of esters is 1. The number of hydrogen-bond acceptors (Lipinski definition) is 5. The lowest BCUT2D eigenvalue weighted by molar-refractivity contribution is -0.156. The number of amides is 2. The van der Waals surface area contributed by atoms with Gasteiger partial charge >= 0.3 is 5.97 Å². The van der Waals surface area contributed by atoms with Crippen LogP contribution in [0.3, 0.4) is 0 Å². The molecule has 2 aromatic carbocycles. The van der Waals surface area contributed by atoms with Gasteiger partial charge in [0.2, 0.25) is 5.91 Å². The van der Waals surface area contributed by atoms with Crippen LogP contribution < -0.4 is 10.5 Å². The van der Waals surface area contributed by atoms with E-state index < -0.39 is 30.4 Å². The van der Waals surface area contributed by atoms with Gasteiger partial charge in [-0.1, -0.05) is 48.5 Å². The van der Waals surface area contributed by atoms with Crippen molar-refractivity contribution < 1.29 is 23.9 Å². The first-order valence-corrected chi connectivity index (χ1v) is 10.0. The number of hydrogen-bond donors (Lipinski definition) is 1. The molecule has 0 bridgehead atoms. The molecule has 0 spiro atoms. The van der Waals surface area contributed by atoms with Crippen LogP contribution in [-0.4, -0.2) is 48.5 Å². The number of nitrogens with zero attached hydrogens (tertiary/aromatic N) is 1. The fourth-order valence-corrected chi connectivity index (χ4v) is 3.54. The minimum absolute atomic E-state index is 0.307. The van der Waals surface area contributed by atoms with Gasteiger partial charge < -0.3 is 20.1 Å². The van der Waals surface area contributed by atoms with E-state index in [-0.39, 0.29) is 6.61 Å². The molecule has 0 aromatic heterocycles. The highest BCUT2D eigenvalue weighted by molar-refractivity contribution is 5.88. The summed E-state index contributed by atoms with van der Waals surface area (Å²) in [4.78, 5) is 37.4. The number of piperidine rings is 1. The van der Waals surface area contributed by atoms with Crippen molar-refractivity contribution in [1.82, 2.24) is 4.90 Å². The van der Waals surface area contributed by atoms with Gasteiger partial charge in [-0.25, -0.2) is 4.79 Å². The van der Waals surface area contributed by atoms with Crippen molar-refractivity contribution in [2.75, 3.05) is 19.8 Å². The van der Waals surface area contributed by atoms with E-state index >= 15 is 0 Å². The van der Waals surface area contributed by atoms with Crippen LogP contribution in [0.5, 0.6) is 5.75 Å². The smallest absolute Gasteiger partial charge is 0.344 e. The van der Waals surface area contributed by atoms with Gasteiger partial charge in [0.1, 0.15) is 11.8 Å². The van der Waals surface area contributed by atoms with Gasteiger partial charge in [0.15, 0.2) is 13.2 Å². The molecule has 7 nitrogen and oxygen atoms in total. The fourth-order valence-electron chi connectivity index (χ4n) is 3.54. The molecule has 0 saturated carbocycles. The first-order valence-electron chi connectivity index (χ1n) is 10.0. The Labute approximate surface area is 175 Å².